The summed E-state index contributed by atoms with van der Waals surface area (Å²) in [5.74, 6) is 0.0248. The Bertz CT molecular complexity index is 373. The Kier molecular flexibility index (Phi) is 4.96. The Hall–Kier alpha value is -0.190. The molecule has 15 heavy (non-hydrogen) atoms. The third-order valence-corrected chi connectivity index (χ3v) is 5.19. The van der Waals surface area contributed by atoms with Crippen molar-refractivity contribution >= 4 is 39.5 Å². The third-order valence-electron chi connectivity index (χ3n) is 2.15. The summed E-state index contributed by atoms with van der Waals surface area (Å²) in [6.07, 6.45) is 0.824. The molecule has 5 heteroatoms. The molecule has 2 nitrogen and oxygen atoms in total. The zero-order chi connectivity index (χ0) is 11.4. The van der Waals surface area contributed by atoms with E-state index in [2.05, 4.69) is 0 Å². The molecule has 1 rings (SSSR count). The van der Waals surface area contributed by atoms with Gasteiger partial charge in [-0.05, 0) is 18.6 Å². The maximum atomic E-state index is 11.6. The summed E-state index contributed by atoms with van der Waals surface area (Å²) in [4.78, 5) is 12.2. The Balaban J connectivity index is 2.60. The number of Topliss-reactive ketones (excluding diaryl/α,β-unsaturated/α-hetero) is 1. The van der Waals surface area contributed by atoms with Gasteiger partial charge in [0, 0.05) is 16.0 Å². The van der Waals surface area contributed by atoms with Crippen LogP contribution in [0.25, 0.3) is 0 Å². The molecule has 84 valence electrons. The van der Waals surface area contributed by atoms with Gasteiger partial charge in [-0.15, -0.1) is 11.3 Å². The predicted octanol–water partition coefficient (Wildman–Crippen LogP) is 3.13. The fourth-order valence-corrected chi connectivity index (χ4v) is 3.13. The van der Waals surface area contributed by atoms with E-state index in [1.54, 1.807) is 12.1 Å². The van der Waals surface area contributed by atoms with Crippen molar-refractivity contribution in [2.24, 2.45) is 0 Å². The molecular formula is C10H13ClO2S2. The van der Waals surface area contributed by atoms with Crippen molar-refractivity contribution in [3.8, 4) is 0 Å². The molecule has 0 bridgehead atoms. The molecule has 0 saturated carbocycles. The molecule has 0 radical (unpaired) electrons. The molecule has 1 aromatic heterocycles. The highest BCUT2D eigenvalue weighted by molar-refractivity contribution is 7.86. The molecule has 0 aliphatic carbocycles. The van der Waals surface area contributed by atoms with Gasteiger partial charge in [-0.1, -0.05) is 25.4 Å². The quantitative estimate of drug-likeness (QED) is 0.766. The van der Waals surface area contributed by atoms with Crippen molar-refractivity contribution in [3.05, 3.63) is 21.3 Å². The first-order valence-corrected chi connectivity index (χ1v) is 7.28. The number of halogens is 1. The van der Waals surface area contributed by atoms with Gasteiger partial charge in [-0.3, -0.25) is 9.00 Å². The molecule has 2 unspecified atom stereocenters. The summed E-state index contributed by atoms with van der Waals surface area (Å²) >= 11 is 6.96. The van der Waals surface area contributed by atoms with E-state index in [9.17, 15) is 9.00 Å². The highest BCUT2D eigenvalue weighted by Gasteiger charge is 2.16. The lowest BCUT2D eigenvalue weighted by atomic mass is 10.3. The van der Waals surface area contributed by atoms with Crippen LogP contribution in [-0.2, 0) is 10.8 Å². The summed E-state index contributed by atoms with van der Waals surface area (Å²) in [5, 5.41) is 0.0735. The molecule has 2 atom stereocenters. The third kappa shape index (κ3) is 3.70. The van der Waals surface area contributed by atoms with E-state index in [0.717, 1.165) is 6.42 Å². The maximum Gasteiger partial charge on any atom is 0.185 e. The first kappa shape index (κ1) is 12.9. The van der Waals surface area contributed by atoms with Crippen molar-refractivity contribution in [2.45, 2.75) is 25.5 Å². The molecule has 0 aromatic carbocycles. The van der Waals surface area contributed by atoms with Crippen LogP contribution in [0.3, 0.4) is 0 Å². The van der Waals surface area contributed by atoms with Crippen LogP contribution in [0.15, 0.2) is 12.1 Å². The average Bonchev–Trinajstić information content (AvgIpc) is 2.63. The van der Waals surface area contributed by atoms with Gasteiger partial charge in [0.25, 0.3) is 0 Å². The smallest absolute Gasteiger partial charge is 0.185 e. The topological polar surface area (TPSA) is 34.1 Å². The molecule has 0 fully saturated rings. The molecule has 1 aromatic rings. The van der Waals surface area contributed by atoms with Crippen molar-refractivity contribution in [1.82, 2.24) is 0 Å². The van der Waals surface area contributed by atoms with Crippen LogP contribution < -0.4 is 0 Å². The largest absolute Gasteiger partial charge is 0.292 e. The number of carbonyl (C=O) groups is 1. The average molecular weight is 265 g/mol. The number of rotatable bonds is 5. The van der Waals surface area contributed by atoms with Gasteiger partial charge < -0.3 is 0 Å². The van der Waals surface area contributed by atoms with E-state index >= 15 is 0 Å². The number of hydrogen-bond donors (Lipinski definition) is 0. The molecule has 0 aliphatic heterocycles. The Morgan fingerprint density at radius 3 is 2.73 bits per heavy atom. The lowest BCUT2D eigenvalue weighted by molar-refractivity contribution is 0.102. The zero-order valence-electron chi connectivity index (χ0n) is 8.66. The summed E-state index contributed by atoms with van der Waals surface area (Å²) in [7, 11) is -1.07. The van der Waals surface area contributed by atoms with E-state index in [1.165, 1.54) is 11.3 Å². The van der Waals surface area contributed by atoms with E-state index in [0.29, 0.717) is 9.21 Å². The number of ketones is 1. The molecule has 0 spiro atoms. The fourth-order valence-electron chi connectivity index (χ4n) is 0.993. The Morgan fingerprint density at radius 1 is 1.60 bits per heavy atom. The SMILES string of the molecule is CCC(C)S(=O)CC(=O)c1ccc(Cl)s1. The fraction of sp³-hybridized carbons (Fsp3) is 0.500. The maximum absolute atomic E-state index is 11.6. The standard InChI is InChI=1S/C10H13ClO2S2/c1-3-7(2)15(13)6-8(12)9-4-5-10(11)14-9/h4-5,7H,3,6H2,1-2H3. The van der Waals surface area contributed by atoms with Crippen molar-refractivity contribution in [3.63, 3.8) is 0 Å². The second-order valence-corrected chi connectivity index (χ2v) is 6.84. The molecular weight excluding hydrogens is 252 g/mol. The summed E-state index contributed by atoms with van der Waals surface area (Å²) < 4.78 is 12.2. The van der Waals surface area contributed by atoms with E-state index in [4.69, 9.17) is 11.6 Å². The summed E-state index contributed by atoms with van der Waals surface area (Å²) in [6.45, 7) is 3.86. The summed E-state index contributed by atoms with van der Waals surface area (Å²) in [5.41, 5.74) is 0. The second-order valence-electron chi connectivity index (χ2n) is 3.27. The number of hydrogen-bond acceptors (Lipinski definition) is 3. The van der Waals surface area contributed by atoms with Crippen molar-refractivity contribution < 1.29 is 9.00 Å². The van der Waals surface area contributed by atoms with Gasteiger partial charge >= 0.3 is 0 Å². The minimum atomic E-state index is -1.07. The first-order chi connectivity index (χ1) is 7.04. The van der Waals surface area contributed by atoms with Gasteiger partial charge in [-0.2, -0.15) is 0 Å². The van der Waals surface area contributed by atoms with E-state index in [1.807, 2.05) is 13.8 Å². The lowest BCUT2D eigenvalue weighted by Crippen LogP contribution is -2.18. The predicted molar refractivity (Wildman–Crippen MR) is 66.4 cm³/mol. The zero-order valence-corrected chi connectivity index (χ0v) is 11.0. The van der Waals surface area contributed by atoms with Crippen LogP contribution in [-0.4, -0.2) is 21.0 Å². The van der Waals surface area contributed by atoms with Crippen LogP contribution in [0.4, 0.5) is 0 Å². The molecule has 0 amide bonds. The van der Waals surface area contributed by atoms with Crippen molar-refractivity contribution in [2.75, 3.05) is 5.75 Å². The highest BCUT2D eigenvalue weighted by Crippen LogP contribution is 2.22. The second kappa shape index (κ2) is 5.77. The molecule has 0 aliphatic rings. The Labute approximate surface area is 101 Å². The van der Waals surface area contributed by atoms with Gasteiger partial charge in [0.15, 0.2) is 5.78 Å². The van der Waals surface area contributed by atoms with E-state index < -0.39 is 10.8 Å². The van der Waals surface area contributed by atoms with Crippen LogP contribution in [0.1, 0.15) is 29.9 Å². The van der Waals surface area contributed by atoms with Gasteiger partial charge in [-0.25, -0.2) is 0 Å². The summed E-state index contributed by atoms with van der Waals surface area (Å²) in [6, 6.07) is 3.37. The minimum absolute atomic E-state index is 0.0735. The molecule has 1 heterocycles. The van der Waals surface area contributed by atoms with Gasteiger partial charge in [0.05, 0.1) is 15.0 Å². The number of thiophene rings is 1. The highest BCUT2D eigenvalue weighted by atomic mass is 35.5. The number of carbonyl (C=O) groups excluding carboxylic acids is 1. The molecule has 0 saturated heterocycles. The van der Waals surface area contributed by atoms with Crippen molar-refractivity contribution in [1.29, 1.82) is 0 Å². The normalized spacial score (nSPS) is 14.9. The van der Waals surface area contributed by atoms with Crippen LogP contribution in [0.5, 0.6) is 0 Å². The Morgan fingerprint density at radius 2 is 2.27 bits per heavy atom. The minimum Gasteiger partial charge on any atom is -0.292 e. The monoisotopic (exact) mass is 264 g/mol. The van der Waals surface area contributed by atoms with Crippen LogP contribution in [0.2, 0.25) is 4.34 Å². The van der Waals surface area contributed by atoms with Crippen LogP contribution >= 0.6 is 22.9 Å². The van der Waals surface area contributed by atoms with Gasteiger partial charge in [0.1, 0.15) is 0 Å². The molecule has 0 N–H and O–H groups in total. The van der Waals surface area contributed by atoms with Crippen LogP contribution in [0, 0.1) is 0 Å². The van der Waals surface area contributed by atoms with E-state index in [-0.39, 0.29) is 16.8 Å². The first-order valence-electron chi connectivity index (χ1n) is 4.70. The van der Waals surface area contributed by atoms with Gasteiger partial charge in [0.2, 0.25) is 0 Å². The lowest BCUT2D eigenvalue weighted by Gasteiger charge is -2.06.